The number of ether oxygens (including phenoxy) is 1. The molecule has 0 saturated heterocycles. The first-order valence-electron chi connectivity index (χ1n) is 22.6. The molecule has 0 spiro atoms. The van der Waals surface area contributed by atoms with Crippen LogP contribution in [0, 0.1) is 56.7 Å². The summed E-state index contributed by atoms with van der Waals surface area (Å²) in [6.07, 6.45) is 35.6. The average molecular weight is 693 g/mol. The smallest absolute Gasteiger partial charge is 0.306 e. The van der Waals surface area contributed by atoms with Crippen LogP contribution in [0.15, 0.2) is 11.6 Å². The first-order valence-corrected chi connectivity index (χ1v) is 22.6. The molecule has 2 heteroatoms. The van der Waals surface area contributed by atoms with Gasteiger partial charge < -0.3 is 4.74 Å². The lowest BCUT2D eigenvalue weighted by Gasteiger charge is -2.71. The molecule has 0 aromatic heterocycles. The van der Waals surface area contributed by atoms with Gasteiger partial charge in [-0.25, -0.2) is 0 Å². The summed E-state index contributed by atoms with van der Waals surface area (Å²) in [5.74, 6) is 3.81. The van der Waals surface area contributed by atoms with E-state index in [0.29, 0.717) is 34.0 Å². The van der Waals surface area contributed by atoms with Crippen molar-refractivity contribution in [3.8, 4) is 0 Å². The van der Waals surface area contributed by atoms with E-state index in [1.165, 1.54) is 141 Å². The van der Waals surface area contributed by atoms with Crippen LogP contribution in [0.4, 0.5) is 0 Å². The van der Waals surface area contributed by atoms with E-state index in [0.717, 1.165) is 36.5 Å². The van der Waals surface area contributed by atoms with Crippen molar-refractivity contribution in [3.05, 3.63) is 11.6 Å². The van der Waals surface area contributed by atoms with Gasteiger partial charge in [0.25, 0.3) is 0 Å². The highest BCUT2D eigenvalue weighted by Crippen LogP contribution is 2.75. The maximum Gasteiger partial charge on any atom is 0.306 e. The summed E-state index contributed by atoms with van der Waals surface area (Å²) >= 11 is 0. The van der Waals surface area contributed by atoms with Crippen molar-refractivity contribution in [2.45, 2.75) is 229 Å². The molecule has 0 heterocycles. The highest BCUT2D eigenvalue weighted by atomic mass is 16.5. The number of hydrogen-bond donors (Lipinski definition) is 0. The minimum Gasteiger partial charge on any atom is -0.462 e. The molecule has 0 bridgehead atoms. The fourth-order valence-electron chi connectivity index (χ4n) is 13.9. The molecule has 5 aliphatic carbocycles. The zero-order valence-corrected chi connectivity index (χ0v) is 35.0. The van der Waals surface area contributed by atoms with Crippen molar-refractivity contribution >= 4 is 5.97 Å². The number of hydrogen-bond acceptors (Lipinski definition) is 2. The monoisotopic (exact) mass is 693 g/mol. The van der Waals surface area contributed by atoms with Crippen LogP contribution in [-0.2, 0) is 9.53 Å². The lowest BCUT2D eigenvalue weighted by molar-refractivity contribution is -0.213. The van der Waals surface area contributed by atoms with Crippen molar-refractivity contribution in [2.24, 2.45) is 56.7 Å². The second-order valence-electron chi connectivity index (χ2n) is 20.8. The molecule has 0 N–H and O–H groups in total. The Morgan fingerprint density at radius 1 is 0.680 bits per heavy atom. The number of rotatable bonds is 17. The van der Waals surface area contributed by atoms with E-state index in [-0.39, 0.29) is 17.5 Å². The van der Waals surface area contributed by atoms with Crippen molar-refractivity contribution in [3.63, 3.8) is 0 Å². The van der Waals surface area contributed by atoms with Gasteiger partial charge >= 0.3 is 5.97 Å². The molecule has 0 unspecified atom stereocenters. The standard InChI is InChI=1S/C48H84O2/c1-10-11-12-13-14-15-16-17-18-19-20-21-22-23-24-25-42(49)50-41-30-32-46(7)39(44(41,4)5)29-33-48(9)40(46)27-26-38-43-37(3)36(2)28-31-45(43,6)34-35-47(38,48)8/h26,36-37,39-41,43H,10-25,27-35H2,1-9H3/t36-,37+,39-,40-,41+,43+,45-,46+,47-,48-/m1/s1. The van der Waals surface area contributed by atoms with Gasteiger partial charge in [0.1, 0.15) is 6.10 Å². The summed E-state index contributed by atoms with van der Waals surface area (Å²) in [5, 5.41) is 0. The van der Waals surface area contributed by atoms with Crippen LogP contribution in [-0.4, -0.2) is 12.1 Å². The SMILES string of the molecule is CCCCCCCCCCCCCCCCCC(=O)O[C@H]1CC[C@@]2(C)[C@H](CC[C@]3(C)[C@@H]2CC=C2[C@@H]4[C@@H](C)[C@H](C)CC[C@]4(C)CC[C@]23C)C1(C)C. The third-order valence-electron chi connectivity index (χ3n) is 17.6. The van der Waals surface area contributed by atoms with Gasteiger partial charge in [-0.1, -0.05) is 164 Å². The van der Waals surface area contributed by atoms with Crippen LogP contribution < -0.4 is 0 Å². The molecule has 10 atom stereocenters. The van der Waals surface area contributed by atoms with Gasteiger partial charge in [0, 0.05) is 11.8 Å². The number of esters is 1. The summed E-state index contributed by atoms with van der Waals surface area (Å²) in [5.41, 5.74) is 3.40. The van der Waals surface area contributed by atoms with E-state index in [1.807, 2.05) is 5.57 Å². The fraction of sp³-hybridized carbons (Fsp3) is 0.938. The zero-order chi connectivity index (χ0) is 36.2. The fourth-order valence-corrected chi connectivity index (χ4v) is 13.9. The molecule has 0 aliphatic heterocycles. The van der Waals surface area contributed by atoms with Crippen molar-refractivity contribution in [1.82, 2.24) is 0 Å². The molecule has 0 amide bonds. The molecule has 0 aromatic rings. The predicted octanol–water partition coefficient (Wildman–Crippen LogP) is 14.8. The van der Waals surface area contributed by atoms with Crippen molar-refractivity contribution in [2.75, 3.05) is 0 Å². The molecule has 2 nitrogen and oxygen atoms in total. The second kappa shape index (κ2) is 16.7. The van der Waals surface area contributed by atoms with Crippen LogP contribution in [0.5, 0.6) is 0 Å². The Morgan fingerprint density at radius 3 is 1.86 bits per heavy atom. The largest absolute Gasteiger partial charge is 0.462 e. The topological polar surface area (TPSA) is 26.3 Å². The van der Waals surface area contributed by atoms with E-state index in [2.05, 4.69) is 68.4 Å². The van der Waals surface area contributed by atoms with Gasteiger partial charge in [0.05, 0.1) is 0 Å². The molecule has 5 aliphatic rings. The molecule has 5 rings (SSSR count). The van der Waals surface area contributed by atoms with E-state index in [9.17, 15) is 4.79 Å². The third-order valence-corrected chi connectivity index (χ3v) is 17.6. The lowest BCUT2D eigenvalue weighted by atomic mass is 9.33. The third kappa shape index (κ3) is 7.87. The first-order chi connectivity index (χ1) is 23.7. The van der Waals surface area contributed by atoms with Gasteiger partial charge in [0.15, 0.2) is 0 Å². The van der Waals surface area contributed by atoms with Gasteiger partial charge in [0.2, 0.25) is 0 Å². The van der Waals surface area contributed by atoms with Crippen LogP contribution in [0.3, 0.4) is 0 Å². The van der Waals surface area contributed by atoms with Crippen molar-refractivity contribution < 1.29 is 9.53 Å². The molecule has 4 fully saturated rings. The van der Waals surface area contributed by atoms with Crippen molar-refractivity contribution in [1.29, 1.82) is 0 Å². The van der Waals surface area contributed by atoms with Crippen LogP contribution in [0.1, 0.15) is 223 Å². The molecule has 0 radical (unpaired) electrons. The molecule has 288 valence electrons. The Bertz CT molecular complexity index is 1130. The van der Waals surface area contributed by atoms with E-state index in [4.69, 9.17) is 4.74 Å². The first kappa shape index (κ1) is 40.4. The summed E-state index contributed by atoms with van der Waals surface area (Å²) in [7, 11) is 0. The lowest BCUT2D eigenvalue weighted by Crippen LogP contribution is -2.65. The molecule has 50 heavy (non-hydrogen) atoms. The van der Waals surface area contributed by atoms with Gasteiger partial charge in [-0.15, -0.1) is 0 Å². The Labute approximate surface area is 311 Å². The number of allylic oxidation sites excluding steroid dienone is 2. The Morgan fingerprint density at radius 2 is 1.26 bits per heavy atom. The Hall–Kier alpha value is -0.790. The summed E-state index contributed by atoms with van der Waals surface area (Å²) < 4.78 is 6.43. The molecular weight excluding hydrogens is 609 g/mol. The number of unbranched alkanes of at least 4 members (excludes halogenated alkanes) is 14. The van der Waals surface area contributed by atoms with Crippen LogP contribution in [0.25, 0.3) is 0 Å². The average Bonchev–Trinajstić information content (AvgIpc) is 3.07. The maximum absolute atomic E-state index is 13.2. The van der Waals surface area contributed by atoms with Crippen LogP contribution >= 0.6 is 0 Å². The Kier molecular flexibility index (Phi) is 13.5. The predicted molar refractivity (Wildman–Crippen MR) is 214 cm³/mol. The molecule has 4 saturated carbocycles. The molecular formula is C48H84O2. The summed E-state index contributed by atoms with van der Waals surface area (Å²) in [6, 6.07) is 0. The van der Waals surface area contributed by atoms with Crippen LogP contribution in [0.2, 0.25) is 0 Å². The Balaban J connectivity index is 1.07. The number of fused-ring (bicyclic) bond motifs is 7. The zero-order valence-electron chi connectivity index (χ0n) is 35.0. The number of carbonyl (C=O) groups is 1. The molecule has 0 aromatic carbocycles. The summed E-state index contributed by atoms with van der Waals surface area (Å²) in [4.78, 5) is 13.2. The maximum atomic E-state index is 13.2. The van der Waals surface area contributed by atoms with E-state index in [1.54, 1.807) is 0 Å². The van der Waals surface area contributed by atoms with E-state index >= 15 is 0 Å². The van der Waals surface area contributed by atoms with Gasteiger partial charge in [-0.2, -0.15) is 0 Å². The van der Waals surface area contributed by atoms with Gasteiger partial charge in [-0.05, 0) is 115 Å². The number of carbonyl (C=O) groups excluding carboxylic acids is 1. The normalized spacial score (nSPS) is 40.5. The second-order valence-corrected chi connectivity index (χ2v) is 20.8. The minimum atomic E-state index is 0.0302. The highest BCUT2D eigenvalue weighted by Gasteiger charge is 2.68. The van der Waals surface area contributed by atoms with Gasteiger partial charge in [-0.3, -0.25) is 4.79 Å². The summed E-state index contributed by atoms with van der Waals surface area (Å²) in [6.45, 7) is 23.1. The minimum absolute atomic E-state index is 0.0302. The quantitative estimate of drug-likeness (QED) is 0.0861. The highest BCUT2D eigenvalue weighted by molar-refractivity contribution is 5.69. The van der Waals surface area contributed by atoms with E-state index < -0.39 is 0 Å².